The predicted molar refractivity (Wildman–Crippen MR) is 107 cm³/mol. The van der Waals surface area contributed by atoms with Gasteiger partial charge >= 0.3 is 0 Å². The second-order valence-electron chi connectivity index (χ2n) is 6.59. The first-order chi connectivity index (χ1) is 12.7. The summed E-state index contributed by atoms with van der Waals surface area (Å²) < 4.78 is 27.3. The summed E-state index contributed by atoms with van der Waals surface area (Å²) in [6.45, 7) is 4.87. The van der Waals surface area contributed by atoms with Crippen molar-refractivity contribution in [3.63, 3.8) is 0 Å². The summed E-state index contributed by atoms with van der Waals surface area (Å²) in [5.41, 5.74) is 2.18. The van der Waals surface area contributed by atoms with E-state index in [-0.39, 0.29) is 19.0 Å². The molecule has 8 heteroatoms. The number of hydrogen-bond acceptors (Lipinski definition) is 3. The van der Waals surface area contributed by atoms with E-state index in [9.17, 15) is 13.2 Å². The van der Waals surface area contributed by atoms with Crippen LogP contribution in [0.25, 0.3) is 0 Å². The molecule has 0 unspecified atom stereocenters. The van der Waals surface area contributed by atoms with Crippen molar-refractivity contribution in [1.82, 2.24) is 9.21 Å². The Morgan fingerprint density at radius 1 is 0.926 bits per heavy atom. The molecule has 1 saturated heterocycles. The molecule has 2 aromatic carbocycles. The minimum Gasteiger partial charge on any atom is -0.336 e. The van der Waals surface area contributed by atoms with Gasteiger partial charge in [0.25, 0.3) is 5.91 Å². The lowest BCUT2D eigenvalue weighted by atomic mass is 10.2. The maximum absolute atomic E-state index is 12.9. The van der Waals surface area contributed by atoms with Crippen LogP contribution >= 0.6 is 23.2 Å². The van der Waals surface area contributed by atoms with E-state index in [0.717, 1.165) is 11.1 Å². The van der Waals surface area contributed by atoms with Gasteiger partial charge in [0, 0.05) is 31.7 Å². The van der Waals surface area contributed by atoms with E-state index in [1.54, 1.807) is 36.1 Å². The maximum atomic E-state index is 12.9. The Morgan fingerprint density at radius 3 is 2.19 bits per heavy atom. The van der Waals surface area contributed by atoms with Gasteiger partial charge in [0.05, 0.1) is 14.9 Å². The molecule has 0 spiro atoms. The number of piperazine rings is 1. The van der Waals surface area contributed by atoms with Gasteiger partial charge in [-0.25, -0.2) is 8.42 Å². The van der Waals surface area contributed by atoms with Crippen LogP contribution in [0, 0.1) is 13.8 Å². The lowest BCUT2D eigenvalue weighted by Gasteiger charge is -2.34. The zero-order valence-electron chi connectivity index (χ0n) is 15.1. The molecule has 1 amide bonds. The molecular formula is C19H20Cl2N2O3S. The van der Waals surface area contributed by atoms with Gasteiger partial charge in [-0.2, -0.15) is 4.31 Å². The standard InChI is InChI=1S/C19H20Cl2N2O3S/c1-13-3-6-18(14(2)11-13)27(25,26)23-9-7-22(8-10-23)19(24)15-4-5-16(20)17(21)12-15/h3-6,11-12H,7-10H2,1-2H3. The highest BCUT2D eigenvalue weighted by atomic mass is 35.5. The molecule has 0 aliphatic carbocycles. The molecule has 0 N–H and O–H groups in total. The molecule has 27 heavy (non-hydrogen) atoms. The van der Waals surface area contributed by atoms with E-state index in [1.165, 1.54) is 10.4 Å². The number of amides is 1. The molecule has 0 radical (unpaired) electrons. The molecule has 0 atom stereocenters. The molecule has 5 nitrogen and oxygen atoms in total. The molecule has 1 aliphatic rings. The van der Waals surface area contributed by atoms with Crippen molar-refractivity contribution in [3.8, 4) is 0 Å². The highest BCUT2D eigenvalue weighted by Gasteiger charge is 2.31. The number of carbonyl (C=O) groups excluding carboxylic acids is 1. The van der Waals surface area contributed by atoms with Gasteiger partial charge in [0.15, 0.2) is 0 Å². The minimum absolute atomic E-state index is 0.183. The van der Waals surface area contributed by atoms with E-state index in [4.69, 9.17) is 23.2 Å². The fourth-order valence-electron chi connectivity index (χ4n) is 3.17. The van der Waals surface area contributed by atoms with Crippen molar-refractivity contribution in [2.45, 2.75) is 18.7 Å². The third kappa shape index (κ3) is 4.14. The number of nitrogens with zero attached hydrogens (tertiary/aromatic N) is 2. The number of hydrogen-bond donors (Lipinski definition) is 0. The Kier molecular flexibility index (Phi) is 5.82. The fourth-order valence-corrected chi connectivity index (χ4v) is 5.10. The summed E-state index contributed by atoms with van der Waals surface area (Å²) in [5, 5.41) is 0.705. The molecular weight excluding hydrogens is 407 g/mol. The van der Waals surface area contributed by atoms with Crippen molar-refractivity contribution < 1.29 is 13.2 Å². The Labute approximate surface area is 169 Å². The topological polar surface area (TPSA) is 57.7 Å². The largest absolute Gasteiger partial charge is 0.336 e. The van der Waals surface area contributed by atoms with Crippen LogP contribution in [-0.2, 0) is 10.0 Å². The fraction of sp³-hybridized carbons (Fsp3) is 0.316. The van der Waals surface area contributed by atoms with Gasteiger partial charge in [0.1, 0.15) is 0 Å². The normalized spacial score (nSPS) is 15.8. The summed E-state index contributed by atoms with van der Waals surface area (Å²) in [7, 11) is -3.58. The average molecular weight is 427 g/mol. The van der Waals surface area contributed by atoms with E-state index in [2.05, 4.69) is 0 Å². The smallest absolute Gasteiger partial charge is 0.253 e. The number of aryl methyl sites for hydroxylation is 2. The van der Waals surface area contributed by atoms with E-state index in [1.807, 2.05) is 13.0 Å². The maximum Gasteiger partial charge on any atom is 0.253 e. The summed E-state index contributed by atoms with van der Waals surface area (Å²) in [4.78, 5) is 14.6. The summed E-state index contributed by atoms with van der Waals surface area (Å²) in [6, 6.07) is 10.0. The van der Waals surface area contributed by atoms with Crippen molar-refractivity contribution in [2.75, 3.05) is 26.2 Å². The van der Waals surface area contributed by atoms with Crippen LogP contribution in [0.2, 0.25) is 10.0 Å². The second-order valence-corrected chi connectivity index (χ2v) is 9.31. The van der Waals surface area contributed by atoms with Gasteiger partial charge in [-0.3, -0.25) is 4.79 Å². The van der Waals surface area contributed by atoms with Crippen molar-refractivity contribution in [3.05, 3.63) is 63.1 Å². The molecule has 0 bridgehead atoms. The molecule has 3 rings (SSSR count). The number of halogens is 2. The van der Waals surface area contributed by atoms with Gasteiger partial charge in [-0.1, -0.05) is 40.9 Å². The van der Waals surface area contributed by atoms with Gasteiger partial charge in [-0.05, 0) is 43.7 Å². The number of carbonyl (C=O) groups is 1. The molecule has 0 aromatic heterocycles. The lowest BCUT2D eigenvalue weighted by molar-refractivity contribution is 0.0698. The number of sulfonamides is 1. The molecule has 144 valence electrons. The third-order valence-electron chi connectivity index (χ3n) is 4.64. The molecule has 1 aliphatic heterocycles. The number of benzene rings is 2. The minimum atomic E-state index is -3.58. The van der Waals surface area contributed by atoms with E-state index < -0.39 is 10.0 Å². The molecule has 1 fully saturated rings. The van der Waals surface area contributed by atoms with E-state index in [0.29, 0.717) is 33.6 Å². The first-order valence-corrected chi connectivity index (χ1v) is 10.7. The van der Waals surface area contributed by atoms with Crippen LogP contribution in [0.4, 0.5) is 0 Å². The highest BCUT2D eigenvalue weighted by Crippen LogP contribution is 2.25. The van der Waals surface area contributed by atoms with Crippen LogP contribution in [0.3, 0.4) is 0 Å². The SMILES string of the molecule is Cc1ccc(S(=O)(=O)N2CCN(C(=O)c3ccc(Cl)c(Cl)c3)CC2)c(C)c1. The van der Waals surface area contributed by atoms with E-state index >= 15 is 0 Å². The van der Waals surface area contributed by atoms with Gasteiger partial charge in [0.2, 0.25) is 10.0 Å². The van der Waals surface area contributed by atoms with Crippen LogP contribution in [0.15, 0.2) is 41.3 Å². The van der Waals surface area contributed by atoms with Crippen LogP contribution in [0.5, 0.6) is 0 Å². The zero-order chi connectivity index (χ0) is 19.8. The Hall–Kier alpha value is -1.60. The van der Waals surface area contributed by atoms with Crippen molar-refractivity contribution in [1.29, 1.82) is 0 Å². The Bertz CT molecular complexity index is 984. The molecule has 0 saturated carbocycles. The second kappa shape index (κ2) is 7.80. The van der Waals surface area contributed by atoms with Crippen molar-refractivity contribution in [2.24, 2.45) is 0 Å². The zero-order valence-corrected chi connectivity index (χ0v) is 17.4. The molecule has 1 heterocycles. The summed E-state index contributed by atoms with van der Waals surface area (Å²) in [6.07, 6.45) is 0. The van der Waals surface area contributed by atoms with Crippen LogP contribution < -0.4 is 0 Å². The van der Waals surface area contributed by atoms with Gasteiger partial charge < -0.3 is 4.90 Å². The monoisotopic (exact) mass is 426 g/mol. The highest BCUT2D eigenvalue weighted by molar-refractivity contribution is 7.89. The summed E-state index contributed by atoms with van der Waals surface area (Å²) >= 11 is 11.9. The Balaban J connectivity index is 1.72. The van der Waals surface area contributed by atoms with Crippen LogP contribution in [0.1, 0.15) is 21.5 Å². The first kappa shape index (κ1) is 20.1. The number of rotatable bonds is 3. The molecule has 2 aromatic rings. The first-order valence-electron chi connectivity index (χ1n) is 8.52. The van der Waals surface area contributed by atoms with Crippen LogP contribution in [-0.4, -0.2) is 49.7 Å². The quantitative estimate of drug-likeness (QED) is 0.750. The predicted octanol–water partition coefficient (Wildman–Crippen LogP) is 3.76. The average Bonchev–Trinajstić information content (AvgIpc) is 2.63. The third-order valence-corrected chi connectivity index (χ3v) is 7.44. The lowest BCUT2D eigenvalue weighted by Crippen LogP contribution is -2.50. The Morgan fingerprint density at radius 2 is 1.59 bits per heavy atom. The van der Waals surface area contributed by atoms with Crippen molar-refractivity contribution >= 4 is 39.1 Å². The summed E-state index contributed by atoms with van der Waals surface area (Å²) in [5.74, 6) is -0.183. The van der Waals surface area contributed by atoms with Gasteiger partial charge in [-0.15, -0.1) is 0 Å².